The molecule has 0 amide bonds. The largest absolute Gasteiger partial charge is 0.504 e. The van der Waals surface area contributed by atoms with Crippen LogP contribution in [0.5, 0.6) is 23.0 Å². The Balaban J connectivity index is 2.20. The molecule has 1 aliphatic rings. The van der Waals surface area contributed by atoms with Gasteiger partial charge in [0.2, 0.25) is 0 Å². The van der Waals surface area contributed by atoms with Crippen molar-refractivity contribution in [1.29, 1.82) is 0 Å². The second kappa shape index (κ2) is 6.15. The van der Waals surface area contributed by atoms with E-state index in [2.05, 4.69) is 0 Å². The summed E-state index contributed by atoms with van der Waals surface area (Å²) in [6, 6.07) is 8.70. The van der Waals surface area contributed by atoms with Crippen LogP contribution in [-0.2, 0) is 6.42 Å². The highest BCUT2D eigenvalue weighted by molar-refractivity contribution is 5.54. The smallest absolute Gasteiger partial charge is 0.160 e. The minimum absolute atomic E-state index is 0.0688. The van der Waals surface area contributed by atoms with E-state index < -0.39 is 5.60 Å². The van der Waals surface area contributed by atoms with E-state index in [1.54, 1.807) is 24.3 Å². The molecule has 0 aliphatic heterocycles. The maximum Gasteiger partial charge on any atom is 0.160 e. The number of aromatic hydroxyl groups is 2. The van der Waals surface area contributed by atoms with Gasteiger partial charge in [-0.25, -0.2) is 0 Å². The first-order valence-electron chi connectivity index (χ1n) is 8.27. The van der Waals surface area contributed by atoms with Crippen LogP contribution >= 0.6 is 0 Å². The third-order valence-electron chi connectivity index (χ3n) is 5.37. The molecule has 0 saturated carbocycles. The molecule has 5 heteroatoms. The van der Waals surface area contributed by atoms with Gasteiger partial charge in [0.05, 0.1) is 19.8 Å². The number of phenolic OH excluding ortho intramolecular Hbond substituents is 2. The van der Waals surface area contributed by atoms with E-state index in [-0.39, 0.29) is 23.3 Å². The van der Waals surface area contributed by atoms with E-state index in [4.69, 9.17) is 9.47 Å². The van der Waals surface area contributed by atoms with Crippen LogP contribution in [0.3, 0.4) is 0 Å². The summed E-state index contributed by atoms with van der Waals surface area (Å²) in [6.07, 6.45) is 0.478. The molecule has 134 valence electrons. The number of hydrogen-bond acceptors (Lipinski definition) is 5. The van der Waals surface area contributed by atoms with Gasteiger partial charge in [-0.1, -0.05) is 13.0 Å². The summed E-state index contributed by atoms with van der Waals surface area (Å²) in [7, 11) is 3.01. The van der Waals surface area contributed by atoms with Gasteiger partial charge in [-0.2, -0.15) is 0 Å². The molecular weight excluding hydrogens is 320 g/mol. The lowest BCUT2D eigenvalue weighted by atomic mass is 9.65. The van der Waals surface area contributed by atoms with Crippen molar-refractivity contribution in [3.8, 4) is 23.0 Å². The summed E-state index contributed by atoms with van der Waals surface area (Å²) < 4.78 is 10.4. The molecule has 2 aromatic carbocycles. The van der Waals surface area contributed by atoms with Gasteiger partial charge in [-0.05, 0) is 53.8 Å². The van der Waals surface area contributed by atoms with Gasteiger partial charge in [-0.3, -0.25) is 0 Å². The van der Waals surface area contributed by atoms with Crippen LogP contribution in [0.15, 0.2) is 30.3 Å². The van der Waals surface area contributed by atoms with Crippen molar-refractivity contribution in [2.24, 2.45) is 5.92 Å². The Morgan fingerprint density at radius 2 is 1.64 bits per heavy atom. The molecule has 3 rings (SSSR count). The number of aliphatic hydroxyl groups is 1. The molecule has 0 aromatic heterocycles. The highest BCUT2D eigenvalue weighted by Gasteiger charge is 2.42. The van der Waals surface area contributed by atoms with Crippen LogP contribution in [0.2, 0.25) is 0 Å². The summed E-state index contributed by atoms with van der Waals surface area (Å²) in [5.41, 5.74) is 1.89. The molecule has 3 atom stereocenters. The molecule has 5 nitrogen and oxygen atoms in total. The normalized spacial score (nSPS) is 25.3. The second-order valence-electron chi connectivity index (χ2n) is 6.95. The molecule has 0 spiro atoms. The molecule has 3 N–H and O–H groups in total. The molecule has 0 unspecified atom stereocenters. The van der Waals surface area contributed by atoms with Gasteiger partial charge in [0.15, 0.2) is 23.0 Å². The Morgan fingerprint density at radius 3 is 2.28 bits per heavy atom. The summed E-state index contributed by atoms with van der Waals surface area (Å²) in [6.45, 7) is 3.82. The molecule has 0 radical (unpaired) electrons. The number of benzene rings is 2. The zero-order valence-electron chi connectivity index (χ0n) is 14.9. The standard InChI is InChI=1S/C20H24O5/c1-11-19(12-5-6-15(21)17(7-12)24-3)14-9-16(22)18(25-4)8-13(14)10-20(11,2)23/h5-9,11,19,21-23H,10H2,1-4H3/t11-,19+,20-/m0/s1. The Hall–Kier alpha value is -2.40. The van der Waals surface area contributed by atoms with Crippen molar-refractivity contribution in [3.63, 3.8) is 0 Å². The molecular formula is C20H24O5. The summed E-state index contributed by atoms with van der Waals surface area (Å²) in [4.78, 5) is 0. The minimum Gasteiger partial charge on any atom is -0.504 e. The second-order valence-corrected chi connectivity index (χ2v) is 6.95. The fourth-order valence-electron chi connectivity index (χ4n) is 3.76. The Morgan fingerprint density at radius 1 is 1.00 bits per heavy atom. The molecule has 2 aromatic rings. The van der Waals surface area contributed by atoms with Gasteiger partial charge in [-0.15, -0.1) is 0 Å². The number of hydrogen-bond donors (Lipinski definition) is 3. The summed E-state index contributed by atoms with van der Waals surface area (Å²) in [5, 5.41) is 31.1. The number of ether oxygens (including phenoxy) is 2. The van der Waals surface area contributed by atoms with E-state index in [9.17, 15) is 15.3 Å². The molecule has 1 aliphatic carbocycles. The van der Waals surface area contributed by atoms with Crippen LogP contribution in [0, 0.1) is 5.92 Å². The minimum atomic E-state index is -0.912. The zero-order chi connectivity index (χ0) is 18.4. The first kappa shape index (κ1) is 17.4. The van der Waals surface area contributed by atoms with Crippen LogP contribution < -0.4 is 9.47 Å². The zero-order valence-corrected chi connectivity index (χ0v) is 14.9. The molecule has 0 bridgehead atoms. The van der Waals surface area contributed by atoms with Crippen molar-refractivity contribution in [2.45, 2.75) is 31.8 Å². The number of phenols is 2. The molecule has 0 fully saturated rings. The third kappa shape index (κ3) is 2.89. The van der Waals surface area contributed by atoms with E-state index in [0.717, 1.165) is 16.7 Å². The lowest BCUT2D eigenvalue weighted by Gasteiger charge is -2.42. The number of fused-ring (bicyclic) bond motifs is 1. The third-order valence-corrected chi connectivity index (χ3v) is 5.37. The first-order chi connectivity index (χ1) is 11.8. The number of methoxy groups -OCH3 is 2. The SMILES string of the molecule is COc1cc([C@@H]2c3cc(O)c(OC)cc3C[C@](C)(O)[C@H]2C)ccc1O. The predicted octanol–water partition coefficient (Wildman–Crippen LogP) is 3.19. The fraction of sp³-hybridized carbons (Fsp3) is 0.400. The predicted molar refractivity (Wildman–Crippen MR) is 94.7 cm³/mol. The van der Waals surface area contributed by atoms with E-state index in [1.165, 1.54) is 14.2 Å². The van der Waals surface area contributed by atoms with Crippen molar-refractivity contribution < 1.29 is 24.8 Å². The first-order valence-corrected chi connectivity index (χ1v) is 8.27. The van der Waals surface area contributed by atoms with Crippen molar-refractivity contribution >= 4 is 0 Å². The average Bonchev–Trinajstić information content (AvgIpc) is 2.57. The highest BCUT2D eigenvalue weighted by Crippen LogP contribution is 2.49. The van der Waals surface area contributed by atoms with E-state index >= 15 is 0 Å². The Labute approximate surface area is 147 Å². The average molecular weight is 344 g/mol. The summed E-state index contributed by atoms with van der Waals surface area (Å²) in [5.74, 6) is 0.678. The Bertz CT molecular complexity index is 797. The van der Waals surface area contributed by atoms with Crippen molar-refractivity contribution in [3.05, 3.63) is 47.0 Å². The van der Waals surface area contributed by atoms with Crippen LogP contribution in [0.1, 0.15) is 36.5 Å². The van der Waals surface area contributed by atoms with E-state index in [0.29, 0.717) is 17.9 Å². The van der Waals surface area contributed by atoms with Gasteiger partial charge >= 0.3 is 0 Å². The maximum atomic E-state index is 11.0. The van der Waals surface area contributed by atoms with Crippen molar-refractivity contribution in [2.75, 3.05) is 14.2 Å². The topological polar surface area (TPSA) is 79.2 Å². The van der Waals surface area contributed by atoms with Gasteiger partial charge in [0, 0.05) is 12.3 Å². The van der Waals surface area contributed by atoms with Crippen LogP contribution in [0.25, 0.3) is 0 Å². The number of rotatable bonds is 3. The Kier molecular flexibility index (Phi) is 4.29. The van der Waals surface area contributed by atoms with Crippen molar-refractivity contribution in [1.82, 2.24) is 0 Å². The lowest BCUT2D eigenvalue weighted by Crippen LogP contribution is -2.43. The summed E-state index contributed by atoms with van der Waals surface area (Å²) >= 11 is 0. The van der Waals surface area contributed by atoms with Gasteiger partial charge in [0.25, 0.3) is 0 Å². The molecule has 0 heterocycles. The molecule has 0 saturated heterocycles. The van der Waals surface area contributed by atoms with Gasteiger partial charge in [0.1, 0.15) is 0 Å². The highest BCUT2D eigenvalue weighted by atomic mass is 16.5. The monoisotopic (exact) mass is 344 g/mol. The van der Waals surface area contributed by atoms with Gasteiger partial charge < -0.3 is 24.8 Å². The van der Waals surface area contributed by atoms with Crippen LogP contribution in [0.4, 0.5) is 0 Å². The van der Waals surface area contributed by atoms with Crippen LogP contribution in [-0.4, -0.2) is 35.1 Å². The maximum absolute atomic E-state index is 11.0. The fourth-order valence-corrected chi connectivity index (χ4v) is 3.76. The quantitative estimate of drug-likeness (QED) is 0.797. The lowest BCUT2D eigenvalue weighted by molar-refractivity contribution is -0.00739. The molecule has 25 heavy (non-hydrogen) atoms. The van der Waals surface area contributed by atoms with E-state index in [1.807, 2.05) is 19.9 Å².